The summed E-state index contributed by atoms with van der Waals surface area (Å²) in [5.74, 6) is -0.968. The second kappa shape index (κ2) is 14.6. The average Bonchev–Trinajstić information content (AvgIpc) is 3.23. The largest absolute Gasteiger partial charge is 0.380 e. The normalized spacial score (nSPS) is 21.6. The van der Waals surface area contributed by atoms with E-state index in [0.717, 1.165) is 12.5 Å². The number of ether oxygens (including phenoxy) is 2. The van der Waals surface area contributed by atoms with Gasteiger partial charge in [0.1, 0.15) is 11.6 Å². The topological polar surface area (TPSA) is 39.7 Å². The van der Waals surface area contributed by atoms with Gasteiger partial charge in [0, 0.05) is 31.3 Å². The second-order valence-corrected chi connectivity index (χ2v) is 6.47. The van der Waals surface area contributed by atoms with E-state index in [9.17, 15) is 8.78 Å². The lowest BCUT2D eigenvalue weighted by molar-refractivity contribution is -0.0226. The molecule has 30 heavy (non-hydrogen) atoms. The molecule has 2 aromatic carbocycles. The van der Waals surface area contributed by atoms with E-state index in [0.29, 0.717) is 32.0 Å². The Kier molecular flexibility index (Phi) is 12.9. The van der Waals surface area contributed by atoms with Crippen LogP contribution in [0.1, 0.15) is 31.4 Å². The lowest BCUT2D eigenvalue weighted by atomic mass is 9.77. The highest BCUT2D eigenvalue weighted by Crippen LogP contribution is 2.40. The highest BCUT2D eigenvalue weighted by Gasteiger charge is 2.49. The fraction of sp³-hybridized carbons (Fsp3) is 0.478. The molecule has 0 radical (unpaired) electrons. The second-order valence-electron chi connectivity index (χ2n) is 6.47. The van der Waals surface area contributed by atoms with E-state index in [1.54, 1.807) is 7.11 Å². The lowest BCUT2D eigenvalue weighted by Crippen LogP contribution is -2.49. The minimum atomic E-state index is -0.671. The van der Waals surface area contributed by atoms with Crippen LogP contribution in [0, 0.1) is 17.6 Å². The maximum atomic E-state index is 13.9. The number of hydrogen-bond donors (Lipinski definition) is 1. The Morgan fingerprint density at radius 1 is 1.13 bits per heavy atom. The first kappa shape index (κ1) is 26.6. The summed E-state index contributed by atoms with van der Waals surface area (Å²) >= 11 is 0. The summed E-state index contributed by atoms with van der Waals surface area (Å²) in [6.45, 7) is 8.15. The molecule has 2 aromatic rings. The van der Waals surface area contributed by atoms with Gasteiger partial charge in [-0.15, -0.1) is 9.24 Å². The molecule has 4 rings (SSSR count). The number of rotatable bonds is 3. The molecule has 2 heterocycles. The van der Waals surface area contributed by atoms with Crippen LogP contribution in [0.4, 0.5) is 8.78 Å². The van der Waals surface area contributed by atoms with Crippen LogP contribution in [0.5, 0.6) is 0 Å². The fourth-order valence-corrected chi connectivity index (χ4v) is 3.38. The Morgan fingerprint density at radius 3 is 2.47 bits per heavy atom. The number of hydrogen-bond acceptors (Lipinski definition) is 4. The third-order valence-corrected chi connectivity index (χ3v) is 4.74. The van der Waals surface area contributed by atoms with Gasteiger partial charge < -0.3 is 14.3 Å². The van der Waals surface area contributed by atoms with Crippen molar-refractivity contribution in [1.82, 2.24) is 5.48 Å². The molecule has 2 saturated heterocycles. The van der Waals surface area contributed by atoms with Crippen LogP contribution >= 0.6 is 9.24 Å². The van der Waals surface area contributed by atoms with Crippen LogP contribution in [0.15, 0.2) is 48.5 Å². The average molecular weight is 441 g/mol. The van der Waals surface area contributed by atoms with Crippen LogP contribution in [0.25, 0.3) is 0 Å². The zero-order valence-electron chi connectivity index (χ0n) is 18.3. The fourth-order valence-electron chi connectivity index (χ4n) is 3.38. The Labute approximate surface area is 181 Å². The van der Waals surface area contributed by atoms with Crippen molar-refractivity contribution in [3.8, 4) is 0 Å². The molecule has 3 atom stereocenters. The molecule has 2 aliphatic heterocycles. The van der Waals surface area contributed by atoms with Gasteiger partial charge in [-0.2, -0.15) is 5.48 Å². The highest BCUT2D eigenvalue weighted by molar-refractivity contribution is 7.15. The van der Waals surface area contributed by atoms with Crippen LogP contribution in [0.2, 0.25) is 0 Å². The monoisotopic (exact) mass is 441 g/mol. The summed E-state index contributed by atoms with van der Waals surface area (Å²) in [6, 6.07) is 13.7. The van der Waals surface area contributed by atoms with Crippen molar-refractivity contribution < 1.29 is 23.1 Å². The van der Waals surface area contributed by atoms with Crippen molar-refractivity contribution in [2.45, 2.75) is 32.4 Å². The molecule has 0 aromatic heterocycles. The van der Waals surface area contributed by atoms with E-state index in [1.165, 1.54) is 17.7 Å². The number of hydroxylamine groups is 1. The van der Waals surface area contributed by atoms with Crippen LogP contribution in [-0.2, 0) is 26.5 Å². The summed E-state index contributed by atoms with van der Waals surface area (Å²) in [4.78, 5) is 5.24. The molecule has 1 N–H and O–H groups in total. The number of methoxy groups -OCH3 is 1. The van der Waals surface area contributed by atoms with E-state index < -0.39 is 17.2 Å². The highest BCUT2D eigenvalue weighted by atomic mass is 31.0. The smallest absolute Gasteiger partial charge is 0.131 e. The summed E-state index contributed by atoms with van der Waals surface area (Å²) in [5.41, 5.74) is 3.83. The Morgan fingerprint density at radius 2 is 1.83 bits per heavy atom. The van der Waals surface area contributed by atoms with Crippen LogP contribution in [0.3, 0.4) is 0 Å². The standard InChI is InChI=1S/C12H13F2NO2.C8H10O.C2H6.CH5P/c13-9-1-2-10(11(14)5-9)12-7-16-4-3-8(12)6-17-15-12;1-9-7-8-5-3-2-4-6-8;2*1-2/h1-2,5,8,15H,3-4,6-7H2;2-6H,7H2,1H3;1-2H3;2H2,1H3. The molecule has 2 fully saturated rings. The number of benzene rings is 2. The number of fused-ring (bicyclic) bond motifs is 1. The maximum Gasteiger partial charge on any atom is 0.131 e. The molecule has 7 heteroatoms. The van der Waals surface area contributed by atoms with Gasteiger partial charge in [0.15, 0.2) is 0 Å². The van der Waals surface area contributed by atoms with Gasteiger partial charge in [0.25, 0.3) is 0 Å². The van der Waals surface area contributed by atoms with Crippen molar-refractivity contribution in [3.05, 3.63) is 71.3 Å². The van der Waals surface area contributed by atoms with Gasteiger partial charge >= 0.3 is 0 Å². The molecular weight excluding hydrogens is 407 g/mol. The zero-order valence-corrected chi connectivity index (χ0v) is 19.4. The predicted molar refractivity (Wildman–Crippen MR) is 120 cm³/mol. The van der Waals surface area contributed by atoms with E-state index in [-0.39, 0.29) is 5.92 Å². The van der Waals surface area contributed by atoms with Gasteiger partial charge in [0.05, 0.1) is 25.4 Å². The molecule has 3 unspecified atom stereocenters. The summed E-state index contributed by atoms with van der Waals surface area (Å²) in [7, 11) is 4.12. The van der Waals surface area contributed by atoms with Gasteiger partial charge in [-0.3, -0.25) is 0 Å². The quantitative estimate of drug-likeness (QED) is 0.675. The first-order chi connectivity index (χ1) is 14.7. The van der Waals surface area contributed by atoms with Crippen molar-refractivity contribution in [3.63, 3.8) is 0 Å². The van der Waals surface area contributed by atoms with E-state index >= 15 is 0 Å². The molecule has 0 saturated carbocycles. The van der Waals surface area contributed by atoms with Crippen molar-refractivity contribution in [1.29, 1.82) is 0 Å². The molecule has 2 aliphatic rings. The molecular formula is C23H34F2NO3P. The van der Waals surface area contributed by atoms with Gasteiger partial charge in [0.2, 0.25) is 0 Å². The van der Waals surface area contributed by atoms with Gasteiger partial charge in [-0.25, -0.2) is 8.78 Å². The van der Waals surface area contributed by atoms with Crippen molar-refractivity contribution in [2.24, 2.45) is 5.92 Å². The van der Waals surface area contributed by atoms with Gasteiger partial charge in [-0.05, 0) is 18.1 Å². The first-order valence-corrected chi connectivity index (χ1v) is 11.3. The van der Waals surface area contributed by atoms with Crippen LogP contribution < -0.4 is 5.48 Å². The zero-order chi connectivity index (χ0) is 22.4. The Hall–Kier alpha value is -1.43. The third kappa shape index (κ3) is 7.07. The SMILES string of the molecule is CC.COCc1ccccc1.CP.Fc1ccc(C23COCCC2CON3)c(F)c1. The maximum absolute atomic E-state index is 13.9. The summed E-state index contributed by atoms with van der Waals surface area (Å²) in [6.07, 6.45) is 0.809. The minimum absolute atomic E-state index is 0.163. The van der Waals surface area contributed by atoms with E-state index in [1.807, 2.05) is 50.8 Å². The third-order valence-electron chi connectivity index (χ3n) is 4.74. The Bertz CT molecular complexity index is 721. The van der Waals surface area contributed by atoms with Crippen molar-refractivity contribution >= 4 is 9.24 Å². The minimum Gasteiger partial charge on any atom is -0.380 e. The predicted octanol–water partition coefficient (Wildman–Crippen LogP) is 5.08. The van der Waals surface area contributed by atoms with Crippen LogP contribution in [-0.4, -0.2) is 33.6 Å². The number of nitrogens with one attached hydrogen (secondary N) is 1. The summed E-state index contributed by atoms with van der Waals surface area (Å²) < 4.78 is 37.2. The summed E-state index contributed by atoms with van der Waals surface area (Å²) in [5, 5.41) is 0. The van der Waals surface area contributed by atoms with E-state index in [4.69, 9.17) is 14.3 Å². The first-order valence-electron chi connectivity index (χ1n) is 10.2. The molecule has 168 valence electrons. The van der Waals surface area contributed by atoms with Gasteiger partial charge in [-0.1, -0.05) is 56.9 Å². The molecule has 0 bridgehead atoms. The van der Waals surface area contributed by atoms with Crippen molar-refractivity contribution in [2.75, 3.05) is 33.6 Å². The van der Waals surface area contributed by atoms with E-state index in [2.05, 4.69) is 14.7 Å². The Balaban J connectivity index is 0.000000294. The molecule has 0 amide bonds. The number of halogens is 2. The molecule has 4 nitrogen and oxygen atoms in total. The molecule has 0 aliphatic carbocycles. The molecule has 0 spiro atoms. The lowest BCUT2D eigenvalue weighted by Gasteiger charge is -2.37.